The fraction of sp³-hybridized carbons (Fsp3) is 0.250. The summed E-state index contributed by atoms with van der Waals surface area (Å²) < 4.78 is 27.3. The van der Waals surface area contributed by atoms with Crippen molar-refractivity contribution in [2.24, 2.45) is 0 Å². The molecule has 0 fully saturated rings. The number of thioether (sulfide) groups is 1. The van der Waals surface area contributed by atoms with Crippen LogP contribution in [0.2, 0.25) is 0 Å². The quantitative estimate of drug-likeness (QED) is 0.482. The van der Waals surface area contributed by atoms with Crippen LogP contribution < -0.4 is 10.3 Å². The summed E-state index contributed by atoms with van der Waals surface area (Å²) in [4.78, 5) is 14.7. The van der Waals surface area contributed by atoms with Gasteiger partial charge in [-0.05, 0) is 37.1 Å². The number of anilines is 1. The summed E-state index contributed by atoms with van der Waals surface area (Å²) in [5, 5.41) is 20.8. The van der Waals surface area contributed by atoms with Gasteiger partial charge in [0.05, 0.1) is 5.75 Å². The fourth-order valence-corrected chi connectivity index (χ4v) is 4.11. The van der Waals surface area contributed by atoms with Crippen molar-refractivity contribution >= 4 is 33.7 Å². The maximum Gasteiger partial charge on any atom is 0.313 e. The standard InChI is InChI=1S/C12H15N5O4S2/c1-6-3-8(22-5-10(18)19)9(4-7(6)2)23(20,21)17-12-14-11(13)15-16-12/h3-4H,5H2,1-2H3,(H,18,19)(H4,13,14,15,16,17). The zero-order valence-corrected chi connectivity index (χ0v) is 13.9. The number of aliphatic carboxylic acids is 1. The number of aromatic amines is 2. The maximum atomic E-state index is 12.5. The molecule has 0 radical (unpaired) electrons. The van der Waals surface area contributed by atoms with Crippen molar-refractivity contribution in [3.8, 4) is 0 Å². The Morgan fingerprint density at radius 3 is 2.57 bits per heavy atom. The summed E-state index contributed by atoms with van der Waals surface area (Å²) in [7, 11) is -3.98. The lowest BCUT2D eigenvalue weighted by Crippen LogP contribution is -2.16. The second kappa shape index (κ2) is 6.46. The number of sulfonamides is 1. The molecule has 1 heterocycles. The van der Waals surface area contributed by atoms with Crippen LogP contribution in [0.5, 0.6) is 0 Å². The van der Waals surface area contributed by atoms with Crippen LogP contribution >= 0.6 is 11.8 Å². The second-order valence-electron chi connectivity index (χ2n) is 4.73. The molecule has 1 aromatic carbocycles. The normalized spacial score (nSPS) is 11.4. The number of hydrogen-bond acceptors (Lipinski definition) is 6. The molecule has 9 nitrogen and oxygen atoms in total. The highest BCUT2D eigenvalue weighted by Gasteiger charge is 2.22. The van der Waals surface area contributed by atoms with E-state index in [9.17, 15) is 13.2 Å². The maximum absolute atomic E-state index is 12.5. The number of carbonyl (C=O) groups is 1. The minimum atomic E-state index is -3.98. The van der Waals surface area contributed by atoms with E-state index in [4.69, 9.17) is 10.5 Å². The first-order valence-corrected chi connectivity index (χ1v) is 8.84. The van der Waals surface area contributed by atoms with Gasteiger partial charge in [0.15, 0.2) is 0 Å². The Morgan fingerprint density at radius 2 is 2.00 bits per heavy atom. The number of aromatic nitrogens is 3. The molecule has 0 atom stereocenters. The van der Waals surface area contributed by atoms with Crippen LogP contribution in [0.4, 0.5) is 5.95 Å². The SMILES string of the molecule is Cc1cc(SCC(=O)O)c(S(=O)(=O)Nc2nc(=N)[nH][nH]2)cc1C. The molecule has 0 saturated carbocycles. The minimum absolute atomic E-state index is 0.0326. The van der Waals surface area contributed by atoms with Crippen molar-refractivity contribution in [3.05, 3.63) is 28.9 Å². The number of nitrogens with zero attached hydrogens (tertiary/aromatic N) is 1. The lowest BCUT2D eigenvalue weighted by molar-refractivity contribution is -0.133. The largest absolute Gasteiger partial charge is 0.481 e. The molecule has 5 N–H and O–H groups in total. The number of carboxylic acid groups (broad SMARTS) is 1. The van der Waals surface area contributed by atoms with Gasteiger partial charge in [-0.15, -0.1) is 11.8 Å². The van der Waals surface area contributed by atoms with Crippen LogP contribution in [0.25, 0.3) is 0 Å². The van der Waals surface area contributed by atoms with E-state index in [-0.39, 0.29) is 22.2 Å². The first-order valence-electron chi connectivity index (χ1n) is 6.37. The van der Waals surface area contributed by atoms with E-state index in [1.165, 1.54) is 6.07 Å². The molecule has 2 aromatic rings. The lowest BCUT2D eigenvalue weighted by atomic mass is 10.1. The lowest BCUT2D eigenvalue weighted by Gasteiger charge is -2.12. The van der Waals surface area contributed by atoms with Crippen LogP contribution in [0.3, 0.4) is 0 Å². The van der Waals surface area contributed by atoms with E-state index >= 15 is 0 Å². The monoisotopic (exact) mass is 357 g/mol. The smallest absolute Gasteiger partial charge is 0.313 e. The van der Waals surface area contributed by atoms with E-state index in [1.807, 2.05) is 6.92 Å². The second-order valence-corrected chi connectivity index (χ2v) is 7.40. The van der Waals surface area contributed by atoms with Crippen molar-refractivity contribution in [3.63, 3.8) is 0 Å². The van der Waals surface area contributed by atoms with E-state index in [0.717, 1.165) is 22.9 Å². The topological polar surface area (TPSA) is 152 Å². The molecule has 0 aliphatic heterocycles. The molecule has 0 unspecified atom stereocenters. The van der Waals surface area contributed by atoms with Crippen LogP contribution in [0.1, 0.15) is 11.1 Å². The van der Waals surface area contributed by atoms with E-state index in [0.29, 0.717) is 4.90 Å². The summed E-state index contributed by atoms with van der Waals surface area (Å²) >= 11 is 0.926. The van der Waals surface area contributed by atoms with Crippen molar-refractivity contribution in [2.75, 3.05) is 10.5 Å². The Morgan fingerprint density at radius 1 is 1.35 bits per heavy atom. The summed E-state index contributed by atoms with van der Waals surface area (Å²) in [6, 6.07) is 3.12. The molecule has 0 aliphatic rings. The molecular weight excluding hydrogens is 342 g/mol. The number of H-pyrrole nitrogens is 2. The fourth-order valence-electron chi connectivity index (χ4n) is 1.74. The summed E-state index contributed by atoms with van der Waals surface area (Å²) in [6.45, 7) is 3.58. The number of carboxylic acids is 1. The van der Waals surface area contributed by atoms with Gasteiger partial charge in [0.1, 0.15) is 4.90 Å². The van der Waals surface area contributed by atoms with Gasteiger partial charge in [0.2, 0.25) is 11.6 Å². The predicted molar refractivity (Wildman–Crippen MR) is 83.9 cm³/mol. The van der Waals surface area contributed by atoms with Crippen molar-refractivity contribution in [1.29, 1.82) is 5.41 Å². The summed E-state index contributed by atoms with van der Waals surface area (Å²) in [6.07, 6.45) is 0. The average Bonchev–Trinajstić information content (AvgIpc) is 2.84. The number of nitrogens with one attached hydrogen (secondary N) is 4. The van der Waals surface area contributed by atoms with Gasteiger partial charge in [-0.3, -0.25) is 20.4 Å². The van der Waals surface area contributed by atoms with Crippen LogP contribution in [0.15, 0.2) is 21.9 Å². The van der Waals surface area contributed by atoms with Crippen LogP contribution in [-0.2, 0) is 14.8 Å². The molecule has 0 bridgehead atoms. The number of hydrogen-bond donors (Lipinski definition) is 5. The molecule has 11 heteroatoms. The van der Waals surface area contributed by atoms with Gasteiger partial charge in [0.25, 0.3) is 10.0 Å². The molecular formula is C12H15N5O4S2. The summed E-state index contributed by atoms with van der Waals surface area (Å²) in [5.74, 6) is -1.41. The van der Waals surface area contributed by atoms with Gasteiger partial charge >= 0.3 is 5.97 Å². The Balaban J connectivity index is 2.44. The Bertz CT molecular complexity index is 900. The third kappa shape index (κ3) is 4.13. The third-order valence-electron chi connectivity index (χ3n) is 2.95. The van der Waals surface area contributed by atoms with E-state index in [1.54, 1.807) is 13.0 Å². The van der Waals surface area contributed by atoms with Crippen molar-refractivity contribution < 1.29 is 18.3 Å². The molecule has 0 spiro atoms. The molecule has 1 aromatic heterocycles. The van der Waals surface area contributed by atoms with Gasteiger partial charge in [0, 0.05) is 4.90 Å². The Hall–Kier alpha value is -2.27. The van der Waals surface area contributed by atoms with Crippen LogP contribution in [0, 0.1) is 19.3 Å². The third-order valence-corrected chi connectivity index (χ3v) is 5.50. The van der Waals surface area contributed by atoms with Gasteiger partial charge in [-0.2, -0.15) is 4.98 Å². The first-order chi connectivity index (χ1) is 10.7. The van der Waals surface area contributed by atoms with E-state index < -0.39 is 16.0 Å². The van der Waals surface area contributed by atoms with Gasteiger partial charge < -0.3 is 5.11 Å². The van der Waals surface area contributed by atoms with Gasteiger partial charge in [-0.25, -0.2) is 13.1 Å². The van der Waals surface area contributed by atoms with Gasteiger partial charge in [-0.1, -0.05) is 0 Å². The van der Waals surface area contributed by atoms with Crippen molar-refractivity contribution in [1.82, 2.24) is 15.2 Å². The molecule has 0 saturated heterocycles. The Labute approximate surface area is 136 Å². The Kier molecular flexibility index (Phi) is 4.80. The zero-order valence-electron chi connectivity index (χ0n) is 12.3. The van der Waals surface area contributed by atoms with E-state index in [2.05, 4.69) is 19.9 Å². The highest BCUT2D eigenvalue weighted by molar-refractivity contribution is 8.01. The van der Waals surface area contributed by atoms with Crippen molar-refractivity contribution in [2.45, 2.75) is 23.6 Å². The summed E-state index contributed by atoms with van der Waals surface area (Å²) in [5.41, 5.74) is 1.40. The highest BCUT2D eigenvalue weighted by atomic mass is 32.2. The highest BCUT2D eigenvalue weighted by Crippen LogP contribution is 2.30. The molecule has 0 amide bonds. The first kappa shape index (κ1) is 17.1. The molecule has 23 heavy (non-hydrogen) atoms. The average molecular weight is 357 g/mol. The molecule has 2 rings (SSSR count). The minimum Gasteiger partial charge on any atom is -0.481 e. The number of rotatable bonds is 6. The number of benzene rings is 1. The predicted octanol–water partition coefficient (Wildman–Crippen LogP) is 0.812. The number of aryl methyl sites for hydroxylation is 2. The molecule has 0 aliphatic carbocycles. The zero-order chi connectivity index (χ0) is 17.2. The van der Waals surface area contributed by atoms with Crippen LogP contribution in [-0.4, -0.2) is 40.4 Å². The molecule has 124 valence electrons.